The molecule has 4 rings (SSSR count). The van der Waals surface area contributed by atoms with Crippen LogP contribution in [0.1, 0.15) is 11.3 Å². The SMILES string of the molecule is Cc1ccccc1SCCc1cn(-c2ccc(S(C)(=O)=O)cc2)c(-c2ccc(Cl)cc2)n1. The summed E-state index contributed by atoms with van der Waals surface area (Å²) in [5, 5.41) is 0.666. The Morgan fingerprint density at radius 2 is 1.66 bits per heavy atom. The van der Waals surface area contributed by atoms with Crippen LogP contribution >= 0.6 is 23.4 Å². The Bertz CT molecular complexity index is 1330. The molecule has 0 spiro atoms. The van der Waals surface area contributed by atoms with Gasteiger partial charge in [0.2, 0.25) is 0 Å². The van der Waals surface area contributed by atoms with Gasteiger partial charge in [0.1, 0.15) is 5.82 Å². The summed E-state index contributed by atoms with van der Waals surface area (Å²) in [6.07, 6.45) is 4.05. The minimum atomic E-state index is -3.25. The maximum Gasteiger partial charge on any atom is 0.175 e. The first-order valence-corrected chi connectivity index (χ1v) is 13.4. The quantitative estimate of drug-likeness (QED) is 0.292. The first-order valence-electron chi connectivity index (χ1n) is 10.1. The molecule has 0 atom stereocenters. The topological polar surface area (TPSA) is 52.0 Å². The molecule has 0 radical (unpaired) electrons. The van der Waals surface area contributed by atoms with Gasteiger partial charge in [-0.25, -0.2) is 13.4 Å². The van der Waals surface area contributed by atoms with Crippen molar-refractivity contribution >= 4 is 33.2 Å². The number of hydrogen-bond acceptors (Lipinski definition) is 4. The van der Waals surface area contributed by atoms with Gasteiger partial charge >= 0.3 is 0 Å². The highest BCUT2D eigenvalue weighted by molar-refractivity contribution is 7.99. The van der Waals surface area contributed by atoms with Crippen molar-refractivity contribution in [1.82, 2.24) is 9.55 Å². The fourth-order valence-electron chi connectivity index (χ4n) is 3.39. The van der Waals surface area contributed by atoms with Crippen molar-refractivity contribution in [2.24, 2.45) is 0 Å². The zero-order valence-electron chi connectivity index (χ0n) is 17.8. The normalized spacial score (nSPS) is 11.6. The number of halogens is 1. The molecule has 0 fully saturated rings. The summed E-state index contributed by atoms with van der Waals surface area (Å²) in [6.45, 7) is 2.12. The number of hydrogen-bond donors (Lipinski definition) is 0. The van der Waals surface area contributed by atoms with E-state index in [2.05, 4.69) is 31.2 Å². The van der Waals surface area contributed by atoms with Gasteiger partial charge in [-0.15, -0.1) is 11.8 Å². The van der Waals surface area contributed by atoms with Crippen molar-refractivity contribution in [3.05, 3.63) is 95.3 Å². The van der Waals surface area contributed by atoms with Crippen molar-refractivity contribution in [1.29, 1.82) is 0 Å². The third-order valence-electron chi connectivity index (χ3n) is 5.11. The van der Waals surface area contributed by atoms with Crippen LogP contribution in [0.25, 0.3) is 17.1 Å². The van der Waals surface area contributed by atoms with Gasteiger partial charge in [-0.1, -0.05) is 29.8 Å². The monoisotopic (exact) mass is 482 g/mol. The lowest BCUT2D eigenvalue weighted by atomic mass is 10.2. The summed E-state index contributed by atoms with van der Waals surface area (Å²) in [5.41, 5.74) is 4.05. The van der Waals surface area contributed by atoms with Crippen molar-refractivity contribution in [3.63, 3.8) is 0 Å². The molecule has 0 aliphatic heterocycles. The van der Waals surface area contributed by atoms with Crippen LogP contribution in [-0.2, 0) is 16.3 Å². The van der Waals surface area contributed by atoms with Crippen LogP contribution in [0.3, 0.4) is 0 Å². The molecule has 4 nitrogen and oxygen atoms in total. The summed E-state index contributed by atoms with van der Waals surface area (Å²) in [5.74, 6) is 1.71. The summed E-state index contributed by atoms with van der Waals surface area (Å²) in [6, 6.07) is 22.8. The zero-order chi connectivity index (χ0) is 22.7. The van der Waals surface area contributed by atoms with E-state index in [0.717, 1.165) is 34.9 Å². The van der Waals surface area contributed by atoms with Gasteiger partial charge in [-0.05, 0) is 67.1 Å². The number of aryl methyl sites for hydroxylation is 2. The molecular weight excluding hydrogens is 460 g/mol. The molecule has 0 saturated carbocycles. The molecule has 0 bridgehead atoms. The second-order valence-corrected chi connectivity index (χ2v) is 11.2. The van der Waals surface area contributed by atoms with Gasteiger partial charge in [0.25, 0.3) is 0 Å². The summed E-state index contributed by atoms with van der Waals surface area (Å²) >= 11 is 7.90. The van der Waals surface area contributed by atoms with Crippen LogP contribution in [0.4, 0.5) is 0 Å². The lowest BCUT2D eigenvalue weighted by molar-refractivity contribution is 0.602. The number of sulfone groups is 1. The number of rotatable bonds is 7. The molecule has 0 saturated heterocycles. The Labute approximate surface area is 198 Å². The number of nitrogens with zero attached hydrogens (tertiary/aromatic N) is 2. The average Bonchev–Trinajstić information content (AvgIpc) is 3.19. The Kier molecular flexibility index (Phi) is 6.74. The molecular formula is C25H23ClN2O2S2. The van der Waals surface area contributed by atoms with Crippen molar-refractivity contribution < 1.29 is 8.42 Å². The standard InChI is InChI=1S/C25H23ClN2O2S2/c1-18-5-3-4-6-24(18)31-16-15-21-17-28(22-11-13-23(14-12-22)32(2,29)30)25(27-21)19-7-9-20(26)10-8-19/h3-14,17H,15-16H2,1-2H3. The lowest BCUT2D eigenvalue weighted by Gasteiger charge is -2.09. The second-order valence-electron chi connectivity index (χ2n) is 7.56. The van der Waals surface area contributed by atoms with E-state index >= 15 is 0 Å². The van der Waals surface area contributed by atoms with Gasteiger partial charge in [-0.2, -0.15) is 0 Å². The number of aromatic nitrogens is 2. The average molecular weight is 483 g/mol. The Morgan fingerprint density at radius 3 is 2.31 bits per heavy atom. The summed E-state index contributed by atoms with van der Waals surface area (Å²) in [4.78, 5) is 6.47. The largest absolute Gasteiger partial charge is 0.300 e. The van der Waals surface area contributed by atoms with E-state index in [9.17, 15) is 8.42 Å². The predicted octanol–water partition coefficient (Wildman–Crippen LogP) is 6.24. The lowest BCUT2D eigenvalue weighted by Crippen LogP contribution is -1.99. The Hall–Kier alpha value is -2.54. The molecule has 0 unspecified atom stereocenters. The van der Waals surface area contributed by atoms with E-state index in [1.54, 1.807) is 12.1 Å². The van der Waals surface area contributed by atoms with Gasteiger partial charge < -0.3 is 0 Å². The highest BCUT2D eigenvalue weighted by atomic mass is 35.5. The third kappa shape index (κ3) is 5.26. The number of thioether (sulfide) groups is 1. The van der Waals surface area contributed by atoms with Crippen molar-refractivity contribution in [2.75, 3.05) is 12.0 Å². The Balaban J connectivity index is 1.64. The van der Waals surface area contributed by atoms with Crippen molar-refractivity contribution in [3.8, 4) is 17.1 Å². The van der Waals surface area contributed by atoms with E-state index in [4.69, 9.17) is 16.6 Å². The summed E-state index contributed by atoms with van der Waals surface area (Å²) in [7, 11) is -3.25. The van der Waals surface area contributed by atoms with E-state index < -0.39 is 9.84 Å². The third-order valence-corrected chi connectivity index (χ3v) is 7.67. The first kappa shape index (κ1) is 22.6. The van der Waals surface area contributed by atoms with Crippen LogP contribution < -0.4 is 0 Å². The van der Waals surface area contributed by atoms with Gasteiger partial charge in [-0.3, -0.25) is 4.57 Å². The van der Waals surface area contributed by atoms with Crippen LogP contribution in [0.2, 0.25) is 5.02 Å². The van der Waals surface area contributed by atoms with Crippen LogP contribution in [0, 0.1) is 6.92 Å². The van der Waals surface area contributed by atoms with Crippen LogP contribution in [0.15, 0.2) is 88.8 Å². The van der Waals surface area contributed by atoms with Gasteiger partial charge in [0.15, 0.2) is 9.84 Å². The van der Waals surface area contributed by atoms with Crippen molar-refractivity contribution in [2.45, 2.75) is 23.1 Å². The predicted molar refractivity (Wildman–Crippen MR) is 133 cm³/mol. The Morgan fingerprint density at radius 1 is 0.969 bits per heavy atom. The van der Waals surface area contributed by atoms with E-state index in [0.29, 0.717) is 9.92 Å². The molecule has 0 aliphatic carbocycles. The molecule has 1 heterocycles. The highest BCUT2D eigenvalue weighted by Gasteiger charge is 2.14. The molecule has 0 N–H and O–H groups in total. The summed E-state index contributed by atoms with van der Waals surface area (Å²) < 4.78 is 25.7. The van der Waals surface area contributed by atoms with E-state index in [1.165, 1.54) is 16.7 Å². The minimum Gasteiger partial charge on any atom is -0.300 e. The molecule has 0 amide bonds. The molecule has 164 valence electrons. The van der Waals surface area contributed by atoms with E-state index in [1.807, 2.05) is 58.9 Å². The highest BCUT2D eigenvalue weighted by Crippen LogP contribution is 2.27. The smallest absolute Gasteiger partial charge is 0.175 e. The molecule has 4 aromatic rings. The molecule has 0 aliphatic rings. The fraction of sp³-hybridized carbons (Fsp3) is 0.160. The first-order chi connectivity index (χ1) is 15.3. The maximum atomic E-state index is 11.8. The van der Waals surface area contributed by atoms with Gasteiger partial charge in [0, 0.05) is 45.8 Å². The second kappa shape index (κ2) is 9.53. The molecule has 32 heavy (non-hydrogen) atoms. The van der Waals surface area contributed by atoms with Crippen LogP contribution in [0.5, 0.6) is 0 Å². The molecule has 7 heteroatoms. The minimum absolute atomic E-state index is 0.296. The van der Waals surface area contributed by atoms with Crippen LogP contribution in [-0.4, -0.2) is 30.0 Å². The number of imidazole rings is 1. The molecule has 1 aromatic heterocycles. The fourth-order valence-corrected chi connectivity index (χ4v) is 5.14. The van der Waals surface area contributed by atoms with Gasteiger partial charge in [0.05, 0.1) is 10.6 Å². The zero-order valence-corrected chi connectivity index (χ0v) is 20.2. The number of benzene rings is 3. The van der Waals surface area contributed by atoms with E-state index in [-0.39, 0.29) is 0 Å². The maximum absolute atomic E-state index is 11.8. The molecule has 3 aromatic carbocycles.